The Morgan fingerprint density at radius 1 is 0.920 bits per heavy atom. The molecule has 0 aliphatic carbocycles. The Labute approximate surface area is 146 Å². The molecule has 0 radical (unpaired) electrons. The van der Waals surface area contributed by atoms with Crippen molar-refractivity contribution in [2.75, 3.05) is 0 Å². The minimum atomic E-state index is -0.945. The van der Waals surface area contributed by atoms with E-state index in [4.69, 9.17) is 9.15 Å². The first-order valence-corrected chi connectivity index (χ1v) is 8.06. The van der Waals surface area contributed by atoms with Crippen molar-refractivity contribution in [3.63, 3.8) is 0 Å². The number of carbonyl (C=O) groups excluding carboxylic acids is 2. The second kappa shape index (κ2) is 7.05. The summed E-state index contributed by atoms with van der Waals surface area (Å²) in [5, 5.41) is 0. The summed E-state index contributed by atoms with van der Waals surface area (Å²) in [5.74, 6) is -0.764. The van der Waals surface area contributed by atoms with Crippen molar-refractivity contribution in [2.45, 2.75) is 47.6 Å². The lowest BCUT2D eigenvalue weighted by atomic mass is 9.96. The Morgan fingerprint density at radius 3 is 2.12 bits per heavy atom. The standard InChI is InChI=1S/C20H22O5/c1-10-7-12(3)16(8-11(10)2)19(22)15(6)25-20(23)18-13(4)9-17(21)24-14(18)5/h7-9,15H,1-6H3. The highest BCUT2D eigenvalue weighted by Crippen LogP contribution is 2.19. The van der Waals surface area contributed by atoms with E-state index < -0.39 is 17.7 Å². The molecule has 1 heterocycles. The van der Waals surface area contributed by atoms with Crippen molar-refractivity contribution in [1.82, 2.24) is 0 Å². The predicted octanol–water partition coefficient (Wildman–Crippen LogP) is 3.61. The number of ketones is 1. The molecule has 0 saturated carbocycles. The van der Waals surface area contributed by atoms with Crippen LogP contribution in [-0.4, -0.2) is 17.9 Å². The minimum absolute atomic E-state index is 0.177. The lowest BCUT2D eigenvalue weighted by Crippen LogP contribution is -2.26. The van der Waals surface area contributed by atoms with Gasteiger partial charge in [-0.15, -0.1) is 0 Å². The zero-order valence-corrected chi connectivity index (χ0v) is 15.4. The lowest BCUT2D eigenvalue weighted by molar-refractivity contribution is 0.0314. The fraction of sp³-hybridized carbons (Fsp3) is 0.350. The van der Waals surface area contributed by atoms with Crippen LogP contribution in [0.4, 0.5) is 0 Å². The number of aryl methyl sites for hydroxylation is 5. The maximum absolute atomic E-state index is 12.7. The summed E-state index contributed by atoms with van der Waals surface area (Å²) in [7, 11) is 0. The van der Waals surface area contributed by atoms with Gasteiger partial charge in [0, 0.05) is 11.6 Å². The number of hydrogen-bond acceptors (Lipinski definition) is 5. The molecule has 5 heteroatoms. The summed E-state index contributed by atoms with van der Waals surface area (Å²) in [5.41, 5.74) is 3.59. The highest BCUT2D eigenvalue weighted by Gasteiger charge is 2.24. The zero-order valence-electron chi connectivity index (χ0n) is 15.4. The van der Waals surface area contributed by atoms with E-state index in [2.05, 4.69) is 0 Å². The van der Waals surface area contributed by atoms with Crippen molar-refractivity contribution >= 4 is 11.8 Å². The lowest BCUT2D eigenvalue weighted by Gasteiger charge is -2.16. The molecule has 2 rings (SSSR count). The molecule has 0 amide bonds. The number of esters is 1. The molecule has 2 aromatic rings. The molecule has 25 heavy (non-hydrogen) atoms. The third-order valence-electron chi connectivity index (χ3n) is 4.30. The Kier molecular flexibility index (Phi) is 5.26. The van der Waals surface area contributed by atoms with E-state index in [9.17, 15) is 14.4 Å². The van der Waals surface area contributed by atoms with Crippen LogP contribution in [0.25, 0.3) is 0 Å². The van der Waals surface area contributed by atoms with Gasteiger partial charge in [-0.05, 0) is 69.9 Å². The topological polar surface area (TPSA) is 73.6 Å². The molecule has 1 aromatic carbocycles. The van der Waals surface area contributed by atoms with Crippen LogP contribution in [0.5, 0.6) is 0 Å². The largest absolute Gasteiger partial charge is 0.451 e. The van der Waals surface area contributed by atoms with Crippen LogP contribution in [0.1, 0.15) is 55.7 Å². The zero-order chi connectivity index (χ0) is 18.9. The van der Waals surface area contributed by atoms with E-state index in [0.717, 1.165) is 16.7 Å². The molecule has 0 spiro atoms. The van der Waals surface area contributed by atoms with Crippen molar-refractivity contribution < 1.29 is 18.7 Å². The van der Waals surface area contributed by atoms with Crippen LogP contribution in [-0.2, 0) is 4.74 Å². The van der Waals surface area contributed by atoms with Gasteiger partial charge in [0.2, 0.25) is 5.78 Å². The number of Topliss-reactive ketones (excluding diaryl/α,β-unsaturated/α-hetero) is 1. The van der Waals surface area contributed by atoms with Crippen molar-refractivity contribution in [2.24, 2.45) is 0 Å². The van der Waals surface area contributed by atoms with Crippen LogP contribution in [0, 0.1) is 34.6 Å². The minimum Gasteiger partial charge on any atom is -0.451 e. The van der Waals surface area contributed by atoms with E-state index in [-0.39, 0.29) is 17.1 Å². The van der Waals surface area contributed by atoms with Gasteiger partial charge in [-0.2, -0.15) is 0 Å². The molecular weight excluding hydrogens is 320 g/mol. The van der Waals surface area contributed by atoms with Crippen molar-refractivity contribution in [3.05, 3.63) is 67.8 Å². The van der Waals surface area contributed by atoms with Crippen LogP contribution >= 0.6 is 0 Å². The molecule has 1 aromatic heterocycles. The number of carbonyl (C=O) groups is 2. The summed E-state index contributed by atoms with van der Waals surface area (Å²) in [4.78, 5) is 36.4. The number of rotatable bonds is 4. The monoisotopic (exact) mass is 342 g/mol. The second-order valence-electron chi connectivity index (χ2n) is 6.34. The Hall–Kier alpha value is -2.69. The molecule has 0 aliphatic heterocycles. The fourth-order valence-corrected chi connectivity index (χ4v) is 2.78. The highest BCUT2D eigenvalue weighted by atomic mass is 16.5. The van der Waals surface area contributed by atoms with Gasteiger partial charge in [-0.1, -0.05) is 6.07 Å². The van der Waals surface area contributed by atoms with Crippen LogP contribution in [0.3, 0.4) is 0 Å². The SMILES string of the molecule is Cc1cc(C)c(C(=O)C(C)OC(=O)c2c(C)cc(=O)oc2C)cc1C. The Morgan fingerprint density at radius 2 is 1.52 bits per heavy atom. The molecule has 132 valence electrons. The first-order chi connectivity index (χ1) is 11.6. The van der Waals surface area contributed by atoms with Gasteiger partial charge in [-0.25, -0.2) is 9.59 Å². The average Bonchev–Trinajstić information content (AvgIpc) is 2.49. The van der Waals surface area contributed by atoms with Gasteiger partial charge in [-0.3, -0.25) is 4.79 Å². The highest BCUT2D eigenvalue weighted by molar-refractivity contribution is 6.02. The second-order valence-corrected chi connectivity index (χ2v) is 6.34. The maximum Gasteiger partial charge on any atom is 0.342 e. The van der Waals surface area contributed by atoms with E-state index in [1.54, 1.807) is 13.8 Å². The Bertz CT molecular complexity index is 879. The van der Waals surface area contributed by atoms with Gasteiger partial charge < -0.3 is 9.15 Å². The van der Waals surface area contributed by atoms with Gasteiger partial charge in [0.15, 0.2) is 6.10 Å². The molecule has 0 bridgehead atoms. The average molecular weight is 342 g/mol. The molecule has 0 aliphatic rings. The summed E-state index contributed by atoms with van der Waals surface area (Å²) in [6, 6.07) is 4.98. The summed E-state index contributed by atoms with van der Waals surface area (Å²) >= 11 is 0. The number of benzene rings is 1. The van der Waals surface area contributed by atoms with Gasteiger partial charge in [0.25, 0.3) is 0 Å². The Balaban J connectivity index is 2.26. The number of hydrogen-bond donors (Lipinski definition) is 0. The summed E-state index contributed by atoms with van der Waals surface area (Å²) in [6.45, 7) is 10.5. The van der Waals surface area contributed by atoms with Crippen molar-refractivity contribution in [3.8, 4) is 0 Å². The predicted molar refractivity (Wildman–Crippen MR) is 94.3 cm³/mol. The summed E-state index contributed by atoms with van der Waals surface area (Å²) in [6.07, 6.45) is -0.945. The van der Waals surface area contributed by atoms with E-state index in [0.29, 0.717) is 11.1 Å². The van der Waals surface area contributed by atoms with E-state index in [1.807, 2.05) is 32.9 Å². The van der Waals surface area contributed by atoms with Gasteiger partial charge in [0.05, 0.1) is 0 Å². The molecule has 1 atom stereocenters. The molecule has 0 N–H and O–H groups in total. The normalized spacial score (nSPS) is 11.9. The molecule has 5 nitrogen and oxygen atoms in total. The van der Waals surface area contributed by atoms with Crippen LogP contribution in [0.15, 0.2) is 27.4 Å². The quantitative estimate of drug-likeness (QED) is 0.627. The first-order valence-electron chi connectivity index (χ1n) is 8.06. The van der Waals surface area contributed by atoms with Crippen molar-refractivity contribution in [1.29, 1.82) is 0 Å². The van der Waals surface area contributed by atoms with Gasteiger partial charge in [0.1, 0.15) is 11.3 Å². The van der Waals surface area contributed by atoms with Crippen LogP contribution < -0.4 is 5.63 Å². The maximum atomic E-state index is 12.7. The molecule has 0 saturated heterocycles. The molecule has 0 fully saturated rings. The summed E-state index contributed by atoms with van der Waals surface area (Å²) < 4.78 is 10.3. The molecule has 1 unspecified atom stereocenters. The fourth-order valence-electron chi connectivity index (χ4n) is 2.78. The van der Waals surface area contributed by atoms with Gasteiger partial charge >= 0.3 is 11.6 Å². The van der Waals surface area contributed by atoms with Crippen LogP contribution in [0.2, 0.25) is 0 Å². The number of ether oxygens (including phenoxy) is 1. The first kappa shape index (κ1) is 18.6. The van der Waals surface area contributed by atoms with E-state index in [1.165, 1.54) is 13.0 Å². The third kappa shape index (κ3) is 3.87. The third-order valence-corrected chi connectivity index (χ3v) is 4.30. The smallest absolute Gasteiger partial charge is 0.342 e. The molecular formula is C20H22O5. The van der Waals surface area contributed by atoms with E-state index >= 15 is 0 Å².